The van der Waals surface area contributed by atoms with Crippen molar-refractivity contribution >= 4 is 33.2 Å². The number of halogens is 1. The molecule has 11 heteroatoms. The van der Waals surface area contributed by atoms with Gasteiger partial charge < -0.3 is 19.9 Å². The second kappa shape index (κ2) is 10.9. The molecular formula is C23H29FN4O5S. The molecule has 0 unspecified atom stereocenters. The number of carbonyl (C=O) groups excluding carboxylic acids is 2. The Labute approximate surface area is 199 Å². The van der Waals surface area contributed by atoms with Crippen molar-refractivity contribution in [3.63, 3.8) is 0 Å². The van der Waals surface area contributed by atoms with Crippen LogP contribution in [0.2, 0.25) is 0 Å². The first-order chi connectivity index (χ1) is 16.1. The Balaban J connectivity index is 1.67. The van der Waals surface area contributed by atoms with Gasteiger partial charge in [0.05, 0.1) is 13.2 Å². The SMILES string of the molecule is CCN(CC(=O)Nc1ccc(N2CCOCC2)cc1)C(=O)c1ccc(F)c(S(=O)(=O)N(C)C)c1. The highest BCUT2D eigenvalue weighted by atomic mass is 32.2. The number of ether oxygens (including phenoxy) is 1. The lowest BCUT2D eigenvalue weighted by atomic mass is 10.2. The molecule has 34 heavy (non-hydrogen) atoms. The number of benzene rings is 2. The van der Waals surface area contributed by atoms with Crippen molar-refractivity contribution in [2.45, 2.75) is 11.8 Å². The smallest absolute Gasteiger partial charge is 0.254 e. The second-order valence-electron chi connectivity index (χ2n) is 7.95. The maximum atomic E-state index is 14.2. The van der Waals surface area contributed by atoms with E-state index in [0.717, 1.165) is 35.2 Å². The first kappa shape index (κ1) is 25.6. The number of anilines is 2. The minimum Gasteiger partial charge on any atom is -0.378 e. The van der Waals surface area contributed by atoms with E-state index in [4.69, 9.17) is 4.74 Å². The number of hydrogen-bond donors (Lipinski definition) is 1. The summed E-state index contributed by atoms with van der Waals surface area (Å²) in [6.07, 6.45) is 0. The molecule has 1 saturated heterocycles. The summed E-state index contributed by atoms with van der Waals surface area (Å²) in [5.74, 6) is -1.93. The number of rotatable bonds is 8. The molecule has 1 aliphatic rings. The van der Waals surface area contributed by atoms with E-state index in [0.29, 0.717) is 18.9 Å². The lowest BCUT2D eigenvalue weighted by molar-refractivity contribution is -0.116. The Morgan fingerprint density at radius 1 is 1.09 bits per heavy atom. The zero-order valence-corrected chi connectivity index (χ0v) is 20.3. The molecule has 0 aromatic heterocycles. The Hall–Kier alpha value is -3.02. The van der Waals surface area contributed by atoms with Gasteiger partial charge in [-0.15, -0.1) is 0 Å². The van der Waals surface area contributed by atoms with Gasteiger partial charge in [-0.1, -0.05) is 0 Å². The van der Waals surface area contributed by atoms with Crippen molar-refractivity contribution in [2.24, 2.45) is 0 Å². The normalized spacial score (nSPS) is 14.2. The van der Waals surface area contributed by atoms with E-state index in [-0.39, 0.29) is 18.7 Å². The molecule has 9 nitrogen and oxygen atoms in total. The predicted molar refractivity (Wildman–Crippen MR) is 127 cm³/mol. The number of sulfonamides is 1. The van der Waals surface area contributed by atoms with Crippen LogP contribution in [0.15, 0.2) is 47.4 Å². The van der Waals surface area contributed by atoms with Gasteiger partial charge in [-0.3, -0.25) is 9.59 Å². The van der Waals surface area contributed by atoms with Gasteiger partial charge in [0, 0.05) is 50.7 Å². The zero-order valence-electron chi connectivity index (χ0n) is 19.5. The Bertz CT molecular complexity index is 1130. The Morgan fingerprint density at radius 3 is 2.32 bits per heavy atom. The van der Waals surface area contributed by atoms with E-state index in [1.54, 1.807) is 19.1 Å². The number of morpholine rings is 1. The summed E-state index contributed by atoms with van der Waals surface area (Å²) >= 11 is 0. The van der Waals surface area contributed by atoms with Crippen molar-refractivity contribution in [3.8, 4) is 0 Å². The number of hydrogen-bond acceptors (Lipinski definition) is 6. The zero-order chi connectivity index (χ0) is 24.9. The average Bonchev–Trinajstić information content (AvgIpc) is 2.83. The highest BCUT2D eigenvalue weighted by Gasteiger charge is 2.25. The van der Waals surface area contributed by atoms with E-state index in [9.17, 15) is 22.4 Å². The van der Waals surface area contributed by atoms with Crippen LogP contribution in [-0.2, 0) is 19.6 Å². The molecule has 2 amide bonds. The van der Waals surface area contributed by atoms with Gasteiger partial charge >= 0.3 is 0 Å². The first-order valence-corrected chi connectivity index (χ1v) is 12.3. The van der Waals surface area contributed by atoms with Crippen molar-refractivity contribution in [1.29, 1.82) is 0 Å². The number of nitrogens with zero attached hydrogens (tertiary/aromatic N) is 3. The second-order valence-corrected chi connectivity index (χ2v) is 10.1. The summed E-state index contributed by atoms with van der Waals surface area (Å²) in [6, 6.07) is 10.5. The molecule has 2 aromatic rings. The predicted octanol–water partition coefficient (Wildman–Crippen LogP) is 2.01. The average molecular weight is 493 g/mol. The van der Waals surface area contributed by atoms with Crippen molar-refractivity contribution in [1.82, 2.24) is 9.21 Å². The molecule has 3 rings (SSSR count). The maximum absolute atomic E-state index is 14.2. The van der Waals surface area contributed by atoms with E-state index >= 15 is 0 Å². The standard InChI is InChI=1S/C23H29FN4O5S/c1-4-27(23(30)17-5-10-20(24)21(15-17)34(31,32)26(2)3)16-22(29)25-18-6-8-19(9-7-18)28-11-13-33-14-12-28/h5-10,15H,4,11-14,16H2,1-3H3,(H,25,29). The highest BCUT2D eigenvalue weighted by molar-refractivity contribution is 7.89. The summed E-state index contributed by atoms with van der Waals surface area (Å²) < 4.78 is 45.1. The van der Waals surface area contributed by atoms with Crippen LogP contribution in [0.4, 0.5) is 15.8 Å². The monoisotopic (exact) mass is 492 g/mol. The molecule has 0 spiro atoms. The minimum absolute atomic E-state index is 0.0219. The Morgan fingerprint density at radius 2 is 1.74 bits per heavy atom. The molecular weight excluding hydrogens is 463 g/mol. The number of likely N-dealkylation sites (N-methyl/N-ethyl adjacent to an activating group) is 1. The summed E-state index contributed by atoms with van der Waals surface area (Å²) in [5.41, 5.74) is 1.60. The number of carbonyl (C=O) groups is 2. The van der Waals surface area contributed by atoms with E-state index in [1.807, 2.05) is 12.1 Å². The third kappa shape index (κ3) is 5.91. The molecule has 1 fully saturated rings. The molecule has 1 aliphatic heterocycles. The van der Waals surface area contributed by atoms with Gasteiger partial charge in [-0.25, -0.2) is 17.1 Å². The fraction of sp³-hybridized carbons (Fsp3) is 0.391. The van der Waals surface area contributed by atoms with Crippen LogP contribution in [0.5, 0.6) is 0 Å². The van der Waals surface area contributed by atoms with E-state index in [2.05, 4.69) is 10.2 Å². The fourth-order valence-electron chi connectivity index (χ4n) is 3.49. The van der Waals surface area contributed by atoms with Crippen LogP contribution < -0.4 is 10.2 Å². The highest BCUT2D eigenvalue weighted by Crippen LogP contribution is 2.21. The maximum Gasteiger partial charge on any atom is 0.254 e. The van der Waals surface area contributed by atoms with Crippen LogP contribution >= 0.6 is 0 Å². The summed E-state index contributed by atoms with van der Waals surface area (Å²) in [7, 11) is -1.52. The van der Waals surface area contributed by atoms with Crippen LogP contribution in [0.3, 0.4) is 0 Å². The van der Waals surface area contributed by atoms with Crippen molar-refractivity contribution in [3.05, 3.63) is 53.8 Å². The van der Waals surface area contributed by atoms with Gasteiger partial charge in [0.2, 0.25) is 15.9 Å². The van der Waals surface area contributed by atoms with E-state index in [1.165, 1.54) is 25.1 Å². The van der Waals surface area contributed by atoms with Gasteiger partial charge in [0.25, 0.3) is 5.91 Å². The molecule has 1 N–H and O–H groups in total. The molecule has 0 radical (unpaired) electrons. The van der Waals surface area contributed by atoms with Crippen LogP contribution in [0.1, 0.15) is 17.3 Å². The summed E-state index contributed by atoms with van der Waals surface area (Å²) in [5, 5.41) is 2.76. The van der Waals surface area contributed by atoms with Crippen LogP contribution in [0, 0.1) is 5.82 Å². The Kier molecular flexibility index (Phi) is 8.24. The van der Waals surface area contributed by atoms with Crippen molar-refractivity contribution in [2.75, 3.05) is 63.7 Å². The van der Waals surface area contributed by atoms with Gasteiger partial charge in [-0.2, -0.15) is 0 Å². The molecule has 1 heterocycles. The third-order valence-corrected chi connectivity index (χ3v) is 7.30. The molecule has 0 saturated carbocycles. The number of amides is 2. The van der Waals surface area contributed by atoms with Gasteiger partial charge in [0.15, 0.2) is 0 Å². The molecule has 184 valence electrons. The van der Waals surface area contributed by atoms with Crippen LogP contribution in [-0.4, -0.2) is 82.9 Å². The summed E-state index contributed by atoms with van der Waals surface area (Å²) in [6.45, 7) is 4.62. The molecule has 0 atom stereocenters. The van der Waals surface area contributed by atoms with Gasteiger partial charge in [0.1, 0.15) is 17.3 Å². The topological polar surface area (TPSA) is 99.3 Å². The van der Waals surface area contributed by atoms with E-state index < -0.39 is 32.6 Å². The molecule has 0 bridgehead atoms. The quantitative estimate of drug-likeness (QED) is 0.605. The third-order valence-electron chi connectivity index (χ3n) is 5.47. The van der Waals surface area contributed by atoms with Crippen LogP contribution in [0.25, 0.3) is 0 Å². The van der Waals surface area contributed by atoms with Crippen molar-refractivity contribution < 1.29 is 27.1 Å². The fourth-order valence-corrected chi connectivity index (χ4v) is 4.48. The number of nitrogens with one attached hydrogen (secondary N) is 1. The lowest BCUT2D eigenvalue weighted by Crippen LogP contribution is -2.38. The largest absolute Gasteiger partial charge is 0.378 e. The van der Waals surface area contributed by atoms with Gasteiger partial charge in [-0.05, 0) is 49.4 Å². The molecule has 0 aliphatic carbocycles. The minimum atomic E-state index is -4.07. The summed E-state index contributed by atoms with van der Waals surface area (Å²) in [4.78, 5) is 28.4. The lowest BCUT2D eigenvalue weighted by Gasteiger charge is -2.29. The molecule has 2 aromatic carbocycles. The first-order valence-electron chi connectivity index (χ1n) is 10.9.